The Bertz CT molecular complexity index is 896. The number of nitrogens with one attached hydrogen (secondary N) is 1. The molecule has 1 atom stereocenters. The molecular weight excluding hydrogens is 346 g/mol. The first-order valence-electron chi connectivity index (χ1n) is 9.05. The minimum Gasteiger partial charge on any atom is -0.480 e. The number of rotatable bonds is 7. The van der Waals surface area contributed by atoms with Crippen molar-refractivity contribution < 1.29 is 14.7 Å². The maximum atomic E-state index is 12.5. The summed E-state index contributed by atoms with van der Waals surface area (Å²) in [5.41, 5.74) is 1.34. The van der Waals surface area contributed by atoms with Crippen molar-refractivity contribution in [1.82, 2.24) is 14.9 Å². The lowest BCUT2D eigenvalue weighted by Gasteiger charge is -2.21. The molecule has 0 aliphatic carbocycles. The van der Waals surface area contributed by atoms with Crippen LogP contribution in [0.3, 0.4) is 0 Å². The van der Waals surface area contributed by atoms with Gasteiger partial charge in [0.1, 0.15) is 6.04 Å². The molecule has 2 N–H and O–H groups in total. The highest BCUT2D eigenvalue weighted by molar-refractivity contribution is 5.83. The predicted molar refractivity (Wildman–Crippen MR) is 104 cm³/mol. The summed E-state index contributed by atoms with van der Waals surface area (Å²) >= 11 is 0. The number of hydrogen-bond donors (Lipinski definition) is 2. The Labute approximate surface area is 158 Å². The van der Waals surface area contributed by atoms with Crippen LogP contribution in [0.15, 0.2) is 29.3 Å². The van der Waals surface area contributed by atoms with Gasteiger partial charge >= 0.3 is 5.97 Å². The van der Waals surface area contributed by atoms with E-state index in [0.717, 1.165) is 5.56 Å². The molecule has 0 saturated heterocycles. The molecule has 0 radical (unpaired) electrons. The van der Waals surface area contributed by atoms with E-state index in [0.29, 0.717) is 23.7 Å². The second-order valence-corrected chi connectivity index (χ2v) is 8.02. The van der Waals surface area contributed by atoms with E-state index in [2.05, 4.69) is 10.3 Å². The fourth-order valence-corrected chi connectivity index (χ4v) is 2.82. The topological polar surface area (TPSA) is 101 Å². The van der Waals surface area contributed by atoms with Crippen LogP contribution in [0.1, 0.15) is 45.6 Å². The number of aryl methyl sites for hydroxylation is 2. The fraction of sp³-hybridized carbons (Fsp3) is 0.500. The van der Waals surface area contributed by atoms with E-state index in [1.165, 1.54) is 10.9 Å². The van der Waals surface area contributed by atoms with Gasteiger partial charge in [-0.05, 0) is 36.8 Å². The van der Waals surface area contributed by atoms with E-state index in [1.807, 2.05) is 33.8 Å². The summed E-state index contributed by atoms with van der Waals surface area (Å²) in [5.74, 6) is -1.44. The summed E-state index contributed by atoms with van der Waals surface area (Å²) in [6.07, 6.45) is 2.48. The summed E-state index contributed by atoms with van der Waals surface area (Å²) in [4.78, 5) is 40.4. The number of amides is 1. The standard InChI is InChI=1S/C20H27N3O4/c1-13-6-5-7-14-17(13)21-12-23(18(14)25)11-9-16(24)22-15(19(26)27)8-10-20(2,3)4/h5-7,12,15H,8-11H2,1-4H3,(H,22,24)(H,26,27). The van der Waals surface area contributed by atoms with Crippen molar-refractivity contribution in [2.75, 3.05) is 0 Å². The quantitative estimate of drug-likeness (QED) is 0.776. The number of para-hydroxylation sites is 1. The lowest BCUT2D eigenvalue weighted by Crippen LogP contribution is -2.41. The molecule has 1 heterocycles. The van der Waals surface area contributed by atoms with E-state index in [1.54, 1.807) is 12.1 Å². The Morgan fingerprint density at radius 3 is 2.63 bits per heavy atom. The van der Waals surface area contributed by atoms with Gasteiger partial charge in [0.15, 0.2) is 0 Å². The van der Waals surface area contributed by atoms with Gasteiger partial charge in [0.05, 0.1) is 17.2 Å². The summed E-state index contributed by atoms with van der Waals surface area (Å²) in [7, 11) is 0. The van der Waals surface area contributed by atoms with Crippen LogP contribution < -0.4 is 10.9 Å². The van der Waals surface area contributed by atoms with Crippen molar-refractivity contribution in [1.29, 1.82) is 0 Å². The lowest BCUT2D eigenvalue weighted by molar-refractivity contribution is -0.142. The summed E-state index contributed by atoms with van der Waals surface area (Å²) < 4.78 is 1.38. The number of nitrogens with zero attached hydrogens (tertiary/aromatic N) is 2. The average molecular weight is 373 g/mol. The number of carbonyl (C=O) groups is 2. The van der Waals surface area contributed by atoms with Crippen molar-refractivity contribution in [3.8, 4) is 0 Å². The van der Waals surface area contributed by atoms with E-state index >= 15 is 0 Å². The first kappa shape index (κ1) is 20.6. The highest BCUT2D eigenvalue weighted by Crippen LogP contribution is 2.21. The van der Waals surface area contributed by atoms with Gasteiger partial charge in [-0.1, -0.05) is 32.9 Å². The number of hydrogen-bond acceptors (Lipinski definition) is 4. The van der Waals surface area contributed by atoms with Crippen LogP contribution >= 0.6 is 0 Å². The van der Waals surface area contributed by atoms with Gasteiger partial charge in [-0.2, -0.15) is 0 Å². The molecule has 0 fully saturated rings. The number of carboxylic acids is 1. The van der Waals surface area contributed by atoms with Crippen LogP contribution in [-0.4, -0.2) is 32.6 Å². The number of aromatic nitrogens is 2. The minimum atomic E-state index is -1.05. The van der Waals surface area contributed by atoms with Gasteiger partial charge in [0, 0.05) is 13.0 Å². The van der Waals surface area contributed by atoms with E-state index in [-0.39, 0.29) is 23.9 Å². The van der Waals surface area contributed by atoms with Crippen molar-refractivity contribution in [3.63, 3.8) is 0 Å². The van der Waals surface area contributed by atoms with Gasteiger partial charge in [0.25, 0.3) is 5.56 Å². The normalized spacial score (nSPS) is 12.7. The SMILES string of the molecule is Cc1cccc2c(=O)n(CCC(=O)NC(CCC(C)(C)C)C(=O)O)cnc12. The van der Waals surface area contributed by atoms with Crippen molar-refractivity contribution in [3.05, 3.63) is 40.4 Å². The molecular formula is C20H27N3O4. The third-order valence-electron chi connectivity index (χ3n) is 4.45. The molecule has 0 aliphatic rings. The third-order valence-corrected chi connectivity index (χ3v) is 4.45. The molecule has 0 saturated carbocycles. The van der Waals surface area contributed by atoms with E-state index < -0.39 is 17.9 Å². The van der Waals surface area contributed by atoms with Gasteiger partial charge in [0.2, 0.25) is 5.91 Å². The summed E-state index contributed by atoms with van der Waals surface area (Å²) in [6, 6.07) is 4.47. The van der Waals surface area contributed by atoms with Crippen LogP contribution in [-0.2, 0) is 16.1 Å². The molecule has 1 amide bonds. The molecule has 0 aliphatic heterocycles. The van der Waals surface area contributed by atoms with Crippen molar-refractivity contribution >= 4 is 22.8 Å². The highest BCUT2D eigenvalue weighted by atomic mass is 16.4. The number of fused-ring (bicyclic) bond motifs is 1. The first-order valence-corrected chi connectivity index (χ1v) is 9.05. The molecule has 2 rings (SSSR count). The zero-order valence-corrected chi connectivity index (χ0v) is 16.3. The zero-order chi connectivity index (χ0) is 20.2. The predicted octanol–water partition coefficient (Wildman–Crippen LogP) is 2.49. The van der Waals surface area contributed by atoms with Gasteiger partial charge in [-0.3, -0.25) is 14.2 Å². The first-order chi connectivity index (χ1) is 12.6. The molecule has 1 unspecified atom stereocenters. The third kappa shape index (κ3) is 5.64. The number of carbonyl (C=O) groups excluding carboxylic acids is 1. The molecule has 1 aromatic heterocycles. The Morgan fingerprint density at radius 2 is 2.00 bits per heavy atom. The second-order valence-electron chi connectivity index (χ2n) is 8.02. The van der Waals surface area contributed by atoms with Crippen molar-refractivity contribution in [2.45, 2.75) is 59.5 Å². The minimum absolute atomic E-state index is 0.0121. The number of aliphatic carboxylic acids is 1. The lowest BCUT2D eigenvalue weighted by atomic mass is 9.88. The maximum Gasteiger partial charge on any atom is 0.326 e. The molecule has 0 bridgehead atoms. The van der Waals surface area contributed by atoms with Gasteiger partial charge in [-0.25, -0.2) is 9.78 Å². The number of benzene rings is 1. The van der Waals surface area contributed by atoms with Crippen LogP contribution in [0, 0.1) is 12.3 Å². The van der Waals surface area contributed by atoms with E-state index in [4.69, 9.17) is 0 Å². The Balaban J connectivity index is 2.02. The number of carboxylic acid groups (broad SMARTS) is 1. The second kappa shape index (κ2) is 8.33. The monoisotopic (exact) mass is 373 g/mol. The Kier molecular flexibility index (Phi) is 6.36. The summed E-state index contributed by atoms with van der Waals surface area (Å²) in [6.45, 7) is 8.10. The molecule has 1 aromatic carbocycles. The smallest absolute Gasteiger partial charge is 0.326 e. The zero-order valence-electron chi connectivity index (χ0n) is 16.3. The van der Waals surface area contributed by atoms with Crippen molar-refractivity contribution in [2.24, 2.45) is 5.41 Å². The molecule has 7 heteroatoms. The molecule has 27 heavy (non-hydrogen) atoms. The largest absolute Gasteiger partial charge is 0.480 e. The van der Waals surface area contributed by atoms with E-state index in [9.17, 15) is 19.5 Å². The summed E-state index contributed by atoms with van der Waals surface area (Å²) in [5, 5.41) is 12.4. The van der Waals surface area contributed by atoms with Crippen LogP contribution in [0.25, 0.3) is 10.9 Å². The van der Waals surface area contributed by atoms with Crippen LogP contribution in [0.5, 0.6) is 0 Å². The van der Waals surface area contributed by atoms with Gasteiger partial charge in [-0.15, -0.1) is 0 Å². The molecule has 146 valence electrons. The Hall–Kier alpha value is -2.70. The van der Waals surface area contributed by atoms with Crippen LogP contribution in [0.2, 0.25) is 0 Å². The molecule has 0 spiro atoms. The average Bonchev–Trinajstić information content (AvgIpc) is 2.57. The van der Waals surface area contributed by atoms with Crippen LogP contribution in [0.4, 0.5) is 0 Å². The maximum absolute atomic E-state index is 12.5. The van der Waals surface area contributed by atoms with Gasteiger partial charge < -0.3 is 10.4 Å². The Morgan fingerprint density at radius 1 is 1.30 bits per heavy atom. The highest BCUT2D eigenvalue weighted by Gasteiger charge is 2.22. The fourth-order valence-electron chi connectivity index (χ4n) is 2.82. The molecule has 7 nitrogen and oxygen atoms in total. The molecule has 2 aromatic rings.